The molecule has 0 aliphatic rings. The Morgan fingerprint density at radius 1 is 1.12 bits per heavy atom. The number of anilines is 1. The second kappa shape index (κ2) is 5.78. The first kappa shape index (κ1) is 15.7. The summed E-state index contributed by atoms with van der Waals surface area (Å²) < 4.78 is 27.3. The van der Waals surface area contributed by atoms with Crippen molar-refractivity contribution in [2.24, 2.45) is 0 Å². The average molecular weight is 345 g/mol. The Hall–Kier alpha value is -3.20. The number of aromatic nitrogens is 1. The first-order valence-corrected chi connectivity index (χ1v) is 8.21. The van der Waals surface area contributed by atoms with Crippen LogP contribution in [0.5, 0.6) is 5.75 Å². The van der Waals surface area contributed by atoms with E-state index in [1.54, 1.807) is 30.3 Å². The Morgan fingerprint density at radius 3 is 2.62 bits per heavy atom. The van der Waals surface area contributed by atoms with E-state index in [0.717, 1.165) is 23.6 Å². The van der Waals surface area contributed by atoms with Crippen LogP contribution in [0.3, 0.4) is 0 Å². The molecule has 3 rings (SSSR count). The molecule has 0 spiro atoms. The summed E-state index contributed by atoms with van der Waals surface area (Å²) in [7, 11) is -4.08. The lowest BCUT2D eigenvalue weighted by atomic mass is 10.2. The van der Waals surface area contributed by atoms with Gasteiger partial charge in [0.15, 0.2) is 5.75 Å². The van der Waals surface area contributed by atoms with Gasteiger partial charge in [-0.25, -0.2) is 8.42 Å². The largest absolute Gasteiger partial charge is 0.502 e. The second-order valence-corrected chi connectivity index (χ2v) is 6.58. The number of hydrogen-bond acceptors (Lipinski definition) is 6. The zero-order valence-corrected chi connectivity index (χ0v) is 12.9. The molecule has 0 radical (unpaired) electrons. The molecule has 1 heterocycles. The number of benzene rings is 2. The monoisotopic (exact) mass is 345 g/mol. The molecular formula is C15H11N3O5S. The fourth-order valence-electron chi connectivity index (χ4n) is 2.21. The molecule has 2 N–H and O–H groups in total. The van der Waals surface area contributed by atoms with E-state index in [2.05, 4.69) is 9.71 Å². The third-order valence-electron chi connectivity index (χ3n) is 3.33. The zero-order valence-electron chi connectivity index (χ0n) is 12.1. The van der Waals surface area contributed by atoms with E-state index in [0.29, 0.717) is 5.52 Å². The summed E-state index contributed by atoms with van der Waals surface area (Å²) in [6, 6.07) is 11.4. The van der Waals surface area contributed by atoms with Gasteiger partial charge in [-0.15, -0.1) is 0 Å². The van der Waals surface area contributed by atoms with E-state index in [1.807, 2.05) is 0 Å². The Balaban J connectivity index is 2.05. The van der Waals surface area contributed by atoms with Gasteiger partial charge in [-0.3, -0.25) is 19.8 Å². The number of nitro benzene ring substituents is 1. The van der Waals surface area contributed by atoms with Crippen LogP contribution in [0.15, 0.2) is 59.6 Å². The van der Waals surface area contributed by atoms with Crippen molar-refractivity contribution < 1.29 is 18.4 Å². The van der Waals surface area contributed by atoms with Crippen LogP contribution in [-0.4, -0.2) is 23.4 Å². The molecule has 0 atom stereocenters. The smallest absolute Gasteiger partial charge is 0.312 e. The van der Waals surface area contributed by atoms with Crippen LogP contribution in [0, 0.1) is 10.1 Å². The van der Waals surface area contributed by atoms with Crippen LogP contribution in [0.4, 0.5) is 11.4 Å². The molecule has 0 saturated heterocycles. The Morgan fingerprint density at radius 2 is 1.88 bits per heavy atom. The lowest BCUT2D eigenvalue weighted by Crippen LogP contribution is -2.13. The fourth-order valence-corrected chi connectivity index (χ4v) is 3.29. The highest BCUT2D eigenvalue weighted by atomic mass is 32.2. The normalized spacial score (nSPS) is 11.3. The number of fused-ring (bicyclic) bond motifs is 1. The summed E-state index contributed by atoms with van der Waals surface area (Å²) in [5.74, 6) is -0.606. The molecule has 0 unspecified atom stereocenters. The molecule has 0 saturated carbocycles. The van der Waals surface area contributed by atoms with E-state index in [-0.39, 0.29) is 10.6 Å². The van der Waals surface area contributed by atoms with Gasteiger partial charge in [-0.1, -0.05) is 18.2 Å². The summed E-state index contributed by atoms with van der Waals surface area (Å²) in [6.07, 6.45) is 1.53. The van der Waals surface area contributed by atoms with Crippen molar-refractivity contribution in [2.75, 3.05) is 4.72 Å². The third-order valence-corrected chi connectivity index (χ3v) is 4.69. The molecule has 9 heteroatoms. The van der Waals surface area contributed by atoms with Crippen molar-refractivity contribution in [3.8, 4) is 5.75 Å². The van der Waals surface area contributed by atoms with Gasteiger partial charge < -0.3 is 5.11 Å². The van der Waals surface area contributed by atoms with E-state index >= 15 is 0 Å². The number of aromatic hydroxyl groups is 1. The van der Waals surface area contributed by atoms with Crippen LogP contribution in [0.2, 0.25) is 0 Å². The van der Waals surface area contributed by atoms with Gasteiger partial charge in [-0.2, -0.15) is 0 Å². The number of nitrogens with zero attached hydrogens (tertiary/aromatic N) is 2. The van der Waals surface area contributed by atoms with Gasteiger partial charge in [0.05, 0.1) is 21.0 Å². The molecular weight excluding hydrogens is 334 g/mol. The van der Waals surface area contributed by atoms with Crippen LogP contribution < -0.4 is 4.72 Å². The number of rotatable bonds is 4. The van der Waals surface area contributed by atoms with E-state index in [1.165, 1.54) is 6.20 Å². The van der Waals surface area contributed by atoms with Gasteiger partial charge >= 0.3 is 5.69 Å². The van der Waals surface area contributed by atoms with Crippen molar-refractivity contribution in [2.45, 2.75) is 4.90 Å². The molecule has 24 heavy (non-hydrogen) atoms. The maximum atomic E-state index is 12.5. The molecule has 0 amide bonds. The SMILES string of the molecule is O=[N+]([O-])c1cc(S(=O)(=O)Nc2cccc3cccnc23)ccc1O. The second-order valence-electron chi connectivity index (χ2n) is 4.89. The zero-order chi connectivity index (χ0) is 17.3. The maximum Gasteiger partial charge on any atom is 0.312 e. The summed E-state index contributed by atoms with van der Waals surface area (Å²) in [4.78, 5) is 13.8. The van der Waals surface area contributed by atoms with E-state index in [4.69, 9.17) is 0 Å². The molecule has 122 valence electrons. The summed E-state index contributed by atoms with van der Waals surface area (Å²) >= 11 is 0. The van der Waals surface area contributed by atoms with Crippen molar-refractivity contribution in [3.63, 3.8) is 0 Å². The maximum absolute atomic E-state index is 12.5. The van der Waals surface area contributed by atoms with Crippen LogP contribution in [0.25, 0.3) is 10.9 Å². The quantitative estimate of drug-likeness (QED) is 0.553. The molecule has 8 nitrogen and oxygen atoms in total. The highest BCUT2D eigenvalue weighted by Crippen LogP contribution is 2.30. The highest BCUT2D eigenvalue weighted by Gasteiger charge is 2.22. The molecule has 0 bridgehead atoms. The third kappa shape index (κ3) is 2.84. The average Bonchev–Trinajstić information content (AvgIpc) is 2.55. The molecule has 3 aromatic rings. The molecule has 0 aliphatic heterocycles. The number of phenols is 1. The summed E-state index contributed by atoms with van der Waals surface area (Å²) in [5.41, 5.74) is 0.0228. The fraction of sp³-hybridized carbons (Fsp3) is 0. The van der Waals surface area contributed by atoms with Crippen molar-refractivity contribution in [3.05, 3.63) is 64.8 Å². The Labute approximate surface area is 136 Å². The van der Waals surface area contributed by atoms with Crippen LogP contribution in [-0.2, 0) is 10.0 Å². The highest BCUT2D eigenvalue weighted by molar-refractivity contribution is 7.92. The Kier molecular flexibility index (Phi) is 3.78. The minimum Gasteiger partial charge on any atom is -0.502 e. The predicted molar refractivity (Wildman–Crippen MR) is 87.3 cm³/mol. The number of nitrogens with one attached hydrogen (secondary N) is 1. The number of nitro groups is 1. The summed E-state index contributed by atoms with van der Waals surface area (Å²) in [5, 5.41) is 21.0. The number of pyridine rings is 1. The standard InChI is InChI=1S/C15H11N3O5S/c19-14-7-6-11(9-13(14)18(20)21)24(22,23)17-12-5-1-3-10-4-2-8-16-15(10)12/h1-9,17,19H. The van der Waals surface area contributed by atoms with Gasteiger partial charge in [-0.05, 0) is 24.3 Å². The van der Waals surface area contributed by atoms with Crippen molar-refractivity contribution >= 4 is 32.3 Å². The number of para-hydroxylation sites is 1. The number of phenolic OH excluding ortho intramolecular Hbond substituents is 1. The predicted octanol–water partition coefficient (Wildman–Crippen LogP) is 2.65. The minimum absolute atomic E-state index is 0.254. The van der Waals surface area contributed by atoms with E-state index in [9.17, 15) is 23.6 Å². The lowest BCUT2D eigenvalue weighted by molar-refractivity contribution is -0.386. The molecule has 0 aliphatic carbocycles. The van der Waals surface area contributed by atoms with Gasteiger partial charge in [0.2, 0.25) is 0 Å². The lowest BCUT2D eigenvalue weighted by Gasteiger charge is -2.10. The van der Waals surface area contributed by atoms with Crippen molar-refractivity contribution in [1.29, 1.82) is 0 Å². The number of hydrogen-bond donors (Lipinski definition) is 2. The topological polar surface area (TPSA) is 122 Å². The Bertz CT molecular complexity index is 1040. The molecule has 0 fully saturated rings. The van der Waals surface area contributed by atoms with Gasteiger partial charge in [0.25, 0.3) is 10.0 Å². The van der Waals surface area contributed by atoms with Crippen molar-refractivity contribution in [1.82, 2.24) is 4.98 Å². The van der Waals surface area contributed by atoms with Crippen LogP contribution >= 0.6 is 0 Å². The first-order chi connectivity index (χ1) is 11.4. The van der Waals surface area contributed by atoms with Gasteiger partial charge in [0, 0.05) is 17.6 Å². The van der Waals surface area contributed by atoms with Gasteiger partial charge in [0.1, 0.15) is 0 Å². The summed E-state index contributed by atoms with van der Waals surface area (Å²) in [6.45, 7) is 0. The molecule has 2 aromatic carbocycles. The minimum atomic E-state index is -4.08. The van der Waals surface area contributed by atoms with E-state index < -0.39 is 26.4 Å². The molecule has 1 aromatic heterocycles. The first-order valence-electron chi connectivity index (χ1n) is 6.72. The van der Waals surface area contributed by atoms with Crippen LogP contribution in [0.1, 0.15) is 0 Å². The number of sulfonamides is 1.